The Balaban J connectivity index is 1.85. The lowest BCUT2D eigenvalue weighted by Gasteiger charge is -2.35. The smallest absolute Gasteiger partial charge is 0.410 e. The lowest BCUT2D eigenvalue weighted by atomic mass is 10.0. The number of amides is 1. The van der Waals surface area contributed by atoms with Crippen LogP contribution >= 0.6 is 0 Å². The van der Waals surface area contributed by atoms with E-state index in [1.54, 1.807) is 6.92 Å². The fourth-order valence-corrected chi connectivity index (χ4v) is 2.95. The van der Waals surface area contributed by atoms with Gasteiger partial charge in [0.05, 0.1) is 6.54 Å². The highest BCUT2D eigenvalue weighted by Gasteiger charge is 2.42. The van der Waals surface area contributed by atoms with Crippen LogP contribution in [-0.2, 0) is 11.2 Å². The van der Waals surface area contributed by atoms with Crippen LogP contribution in [0, 0.1) is 6.92 Å². The number of nitrogens with zero attached hydrogens (tertiary/aromatic N) is 1. The van der Waals surface area contributed by atoms with Crippen molar-refractivity contribution in [1.82, 2.24) is 9.88 Å². The first-order chi connectivity index (χ1) is 10.4. The molecule has 4 nitrogen and oxygen atoms in total. The molecule has 1 amide bonds. The van der Waals surface area contributed by atoms with Crippen LogP contribution in [0.1, 0.15) is 18.2 Å². The minimum atomic E-state index is -2.99. The number of aromatic nitrogens is 1. The molecule has 6 heteroatoms. The van der Waals surface area contributed by atoms with Crippen molar-refractivity contribution in [3.05, 3.63) is 35.5 Å². The topological polar surface area (TPSA) is 45.3 Å². The molecule has 1 N–H and O–H groups in total. The van der Waals surface area contributed by atoms with Gasteiger partial charge in [0.1, 0.15) is 0 Å². The van der Waals surface area contributed by atoms with Crippen molar-refractivity contribution < 1.29 is 18.3 Å². The highest BCUT2D eigenvalue weighted by Crippen LogP contribution is 2.27. The van der Waals surface area contributed by atoms with Crippen LogP contribution in [0.2, 0.25) is 0 Å². The molecule has 0 saturated carbocycles. The van der Waals surface area contributed by atoms with E-state index in [0.29, 0.717) is 6.42 Å². The number of para-hydroxylation sites is 1. The van der Waals surface area contributed by atoms with Crippen molar-refractivity contribution in [2.45, 2.75) is 32.2 Å². The van der Waals surface area contributed by atoms with Crippen LogP contribution in [0.3, 0.4) is 0 Å². The average molecular weight is 308 g/mol. The number of rotatable bonds is 3. The number of aromatic amines is 1. The van der Waals surface area contributed by atoms with Crippen molar-refractivity contribution in [2.24, 2.45) is 0 Å². The summed E-state index contributed by atoms with van der Waals surface area (Å²) in [4.78, 5) is 16.2. The summed E-state index contributed by atoms with van der Waals surface area (Å²) in [5.74, 6) is -2.99. The molecular weight excluding hydrogens is 290 g/mol. The number of cyclic esters (lactones) is 1. The highest BCUT2D eigenvalue weighted by molar-refractivity contribution is 5.84. The molecule has 22 heavy (non-hydrogen) atoms. The van der Waals surface area contributed by atoms with Crippen LogP contribution < -0.4 is 0 Å². The number of H-pyrrole nitrogens is 1. The molecule has 1 fully saturated rings. The Bertz CT molecular complexity index is 711. The van der Waals surface area contributed by atoms with Gasteiger partial charge in [0.15, 0.2) is 6.61 Å². The van der Waals surface area contributed by atoms with Gasteiger partial charge in [-0.2, -0.15) is 0 Å². The van der Waals surface area contributed by atoms with Gasteiger partial charge in [-0.05, 0) is 31.9 Å². The number of hydrogen-bond donors (Lipinski definition) is 1. The maximum atomic E-state index is 13.5. The van der Waals surface area contributed by atoms with Crippen LogP contribution in [0.25, 0.3) is 10.9 Å². The third kappa shape index (κ3) is 2.65. The highest BCUT2D eigenvalue weighted by atomic mass is 19.3. The van der Waals surface area contributed by atoms with Crippen molar-refractivity contribution in [1.29, 1.82) is 0 Å². The monoisotopic (exact) mass is 308 g/mol. The Hall–Kier alpha value is -2.11. The molecule has 0 unspecified atom stereocenters. The predicted molar refractivity (Wildman–Crippen MR) is 79.2 cm³/mol. The average Bonchev–Trinajstić information content (AvgIpc) is 2.78. The number of nitrogens with one attached hydrogen (secondary N) is 1. The zero-order valence-electron chi connectivity index (χ0n) is 12.5. The summed E-state index contributed by atoms with van der Waals surface area (Å²) < 4.78 is 31.5. The molecule has 1 aliphatic heterocycles. The number of fused-ring (bicyclic) bond motifs is 1. The maximum Gasteiger partial charge on any atom is 0.410 e. The van der Waals surface area contributed by atoms with Crippen LogP contribution in [0.4, 0.5) is 13.6 Å². The second-order valence-electron chi connectivity index (χ2n) is 5.87. The normalized spacial score (nSPS) is 19.3. The molecule has 0 radical (unpaired) electrons. The minimum Gasteiger partial charge on any atom is -0.443 e. The van der Waals surface area contributed by atoms with E-state index < -0.39 is 25.2 Å². The molecule has 1 aromatic carbocycles. The molecule has 1 aliphatic rings. The fraction of sp³-hybridized carbons (Fsp3) is 0.438. The van der Waals surface area contributed by atoms with Crippen molar-refractivity contribution in [2.75, 3.05) is 13.2 Å². The quantitative estimate of drug-likeness (QED) is 0.943. The van der Waals surface area contributed by atoms with Gasteiger partial charge < -0.3 is 9.72 Å². The molecule has 0 bridgehead atoms. The molecule has 1 aromatic heterocycles. The molecule has 0 aliphatic carbocycles. The first kappa shape index (κ1) is 14.8. The summed E-state index contributed by atoms with van der Waals surface area (Å²) in [6.07, 6.45) is -0.169. The van der Waals surface area contributed by atoms with E-state index in [0.717, 1.165) is 27.1 Å². The van der Waals surface area contributed by atoms with Gasteiger partial charge in [0, 0.05) is 22.6 Å². The summed E-state index contributed by atoms with van der Waals surface area (Å²) in [5.41, 5.74) is 3.05. The SMILES string of the molecule is Cc1[nH]c2ccccc2c1C[C@@H](C)N1CC(F)(F)COC1=O. The second kappa shape index (κ2) is 5.26. The number of alkyl halides is 2. The Morgan fingerprint density at radius 2 is 2.14 bits per heavy atom. The Morgan fingerprint density at radius 1 is 1.41 bits per heavy atom. The van der Waals surface area contributed by atoms with Gasteiger partial charge in [0.2, 0.25) is 0 Å². The van der Waals surface area contributed by atoms with Crippen LogP contribution in [-0.4, -0.2) is 41.1 Å². The number of benzene rings is 1. The van der Waals surface area contributed by atoms with Gasteiger partial charge in [0.25, 0.3) is 5.92 Å². The van der Waals surface area contributed by atoms with Crippen molar-refractivity contribution >= 4 is 17.0 Å². The van der Waals surface area contributed by atoms with E-state index in [2.05, 4.69) is 9.72 Å². The van der Waals surface area contributed by atoms with E-state index in [-0.39, 0.29) is 6.04 Å². The van der Waals surface area contributed by atoms with Gasteiger partial charge in [-0.3, -0.25) is 4.90 Å². The van der Waals surface area contributed by atoms with Crippen molar-refractivity contribution in [3.8, 4) is 0 Å². The number of carbonyl (C=O) groups is 1. The minimum absolute atomic E-state index is 0.364. The number of hydrogen-bond acceptors (Lipinski definition) is 2. The molecule has 118 valence electrons. The standard InChI is InChI=1S/C16H18F2N2O2/c1-10(20-8-16(17,18)9-22-15(20)21)7-13-11(2)19-14-6-4-3-5-12(13)14/h3-6,10,19H,7-9H2,1-2H3/t10-/m1/s1. The molecule has 3 rings (SSSR count). The van der Waals surface area contributed by atoms with Gasteiger partial charge in [-0.15, -0.1) is 0 Å². The Labute approximate surface area is 127 Å². The molecule has 2 heterocycles. The zero-order chi connectivity index (χ0) is 15.9. The third-order valence-corrected chi connectivity index (χ3v) is 4.10. The lowest BCUT2D eigenvalue weighted by Crippen LogP contribution is -2.53. The Kier molecular flexibility index (Phi) is 3.54. The van der Waals surface area contributed by atoms with Gasteiger partial charge >= 0.3 is 6.09 Å². The molecule has 1 atom stereocenters. The van der Waals surface area contributed by atoms with Gasteiger partial charge in [-0.1, -0.05) is 18.2 Å². The summed E-state index contributed by atoms with van der Waals surface area (Å²) in [6.45, 7) is 2.30. The first-order valence-electron chi connectivity index (χ1n) is 7.25. The van der Waals surface area contributed by atoms with Gasteiger partial charge in [-0.25, -0.2) is 13.6 Å². The molecular formula is C16H18F2N2O2. The van der Waals surface area contributed by atoms with Crippen LogP contribution in [0.5, 0.6) is 0 Å². The summed E-state index contributed by atoms with van der Waals surface area (Å²) in [7, 11) is 0. The van der Waals surface area contributed by atoms with Crippen molar-refractivity contribution in [3.63, 3.8) is 0 Å². The summed E-state index contributed by atoms with van der Waals surface area (Å²) in [6, 6.07) is 7.47. The first-order valence-corrected chi connectivity index (χ1v) is 7.25. The van der Waals surface area contributed by atoms with E-state index in [1.165, 1.54) is 0 Å². The largest absolute Gasteiger partial charge is 0.443 e. The molecule has 2 aromatic rings. The van der Waals surface area contributed by atoms with E-state index in [1.807, 2.05) is 31.2 Å². The number of halogens is 2. The Morgan fingerprint density at radius 3 is 2.91 bits per heavy atom. The lowest BCUT2D eigenvalue weighted by molar-refractivity contribution is -0.112. The van der Waals surface area contributed by atoms with E-state index >= 15 is 0 Å². The van der Waals surface area contributed by atoms with Crippen LogP contribution in [0.15, 0.2) is 24.3 Å². The number of ether oxygens (including phenoxy) is 1. The number of carbonyl (C=O) groups excluding carboxylic acids is 1. The zero-order valence-corrected chi connectivity index (χ0v) is 12.5. The summed E-state index contributed by atoms with van der Waals surface area (Å²) in [5, 5.41) is 1.06. The second-order valence-corrected chi connectivity index (χ2v) is 5.87. The predicted octanol–water partition coefficient (Wildman–Crippen LogP) is 3.49. The molecule has 0 spiro atoms. The fourth-order valence-electron chi connectivity index (χ4n) is 2.95. The van der Waals surface area contributed by atoms with E-state index in [4.69, 9.17) is 0 Å². The third-order valence-electron chi connectivity index (χ3n) is 4.10. The maximum absolute atomic E-state index is 13.5. The number of aryl methyl sites for hydroxylation is 1. The van der Waals surface area contributed by atoms with E-state index in [9.17, 15) is 13.6 Å². The molecule has 1 saturated heterocycles. The summed E-state index contributed by atoms with van der Waals surface area (Å²) >= 11 is 0.